The van der Waals surface area contributed by atoms with E-state index in [0.717, 1.165) is 29.1 Å². The number of aromatic nitrogens is 1. The number of hydrogen-bond acceptors (Lipinski definition) is 4. The van der Waals surface area contributed by atoms with Gasteiger partial charge in [0.2, 0.25) is 0 Å². The average Bonchev–Trinajstić information content (AvgIpc) is 3.00. The molecule has 3 nitrogen and oxygen atoms in total. The summed E-state index contributed by atoms with van der Waals surface area (Å²) in [6, 6.07) is 1.94. The van der Waals surface area contributed by atoms with E-state index in [0.29, 0.717) is 0 Å². The molecule has 1 saturated carbocycles. The van der Waals surface area contributed by atoms with Crippen LogP contribution in [0.4, 0.5) is 0 Å². The van der Waals surface area contributed by atoms with Crippen molar-refractivity contribution in [3.8, 4) is 11.3 Å². The Balaban J connectivity index is 1.88. The van der Waals surface area contributed by atoms with Crippen LogP contribution in [0.2, 0.25) is 0 Å². The molecule has 0 atom stereocenters. The van der Waals surface area contributed by atoms with Crippen molar-refractivity contribution in [1.29, 1.82) is 0 Å². The first-order chi connectivity index (χ1) is 8.78. The maximum Gasteiger partial charge on any atom is 0.113 e. The predicted molar refractivity (Wildman–Crippen MR) is 73.4 cm³/mol. The Morgan fingerprint density at radius 2 is 2.00 bits per heavy atom. The predicted octanol–water partition coefficient (Wildman–Crippen LogP) is 3.91. The van der Waals surface area contributed by atoms with Crippen molar-refractivity contribution >= 4 is 11.3 Å². The van der Waals surface area contributed by atoms with Crippen LogP contribution in [-0.4, -0.2) is 4.98 Å². The Labute approximate surface area is 111 Å². The summed E-state index contributed by atoms with van der Waals surface area (Å²) in [5.41, 5.74) is 8.39. The van der Waals surface area contributed by atoms with E-state index in [2.05, 4.69) is 5.38 Å². The van der Waals surface area contributed by atoms with Crippen LogP contribution in [-0.2, 0) is 5.54 Å². The highest BCUT2D eigenvalue weighted by atomic mass is 32.1. The maximum atomic E-state index is 6.57. The monoisotopic (exact) mass is 262 g/mol. The highest BCUT2D eigenvalue weighted by Gasteiger charge is 2.31. The lowest BCUT2D eigenvalue weighted by Crippen LogP contribution is -2.35. The Bertz CT molecular complexity index is 496. The zero-order chi connectivity index (χ0) is 12.4. The van der Waals surface area contributed by atoms with Gasteiger partial charge in [0.05, 0.1) is 23.8 Å². The fourth-order valence-corrected chi connectivity index (χ4v) is 3.62. The van der Waals surface area contributed by atoms with E-state index in [1.807, 2.05) is 6.07 Å². The molecule has 2 aromatic heterocycles. The second kappa shape index (κ2) is 4.86. The summed E-state index contributed by atoms with van der Waals surface area (Å²) in [6.07, 6.45) is 10.6. The smallest absolute Gasteiger partial charge is 0.113 e. The summed E-state index contributed by atoms with van der Waals surface area (Å²) in [5, 5.41) is 3.17. The van der Waals surface area contributed by atoms with Crippen LogP contribution in [0.15, 0.2) is 28.4 Å². The van der Waals surface area contributed by atoms with Crippen LogP contribution < -0.4 is 5.73 Å². The van der Waals surface area contributed by atoms with Crippen LogP contribution in [0.5, 0.6) is 0 Å². The molecule has 0 radical (unpaired) electrons. The van der Waals surface area contributed by atoms with E-state index < -0.39 is 0 Å². The van der Waals surface area contributed by atoms with E-state index in [1.54, 1.807) is 23.9 Å². The lowest BCUT2D eigenvalue weighted by Gasteiger charge is -2.25. The van der Waals surface area contributed by atoms with Gasteiger partial charge in [0.1, 0.15) is 5.01 Å². The largest absolute Gasteiger partial charge is 0.472 e. The molecule has 3 rings (SSSR count). The molecule has 1 aliphatic rings. The van der Waals surface area contributed by atoms with Crippen LogP contribution in [0.1, 0.15) is 43.5 Å². The fourth-order valence-electron chi connectivity index (χ4n) is 2.62. The van der Waals surface area contributed by atoms with E-state index in [9.17, 15) is 0 Å². The number of nitrogens with zero attached hydrogens (tertiary/aromatic N) is 1. The molecule has 4 heteroatoms. The number of rotatable bonds is 2. The first kappa shape index (κ1) is 11.9. The van der Waals surface area contributed by atoms with Gasteiger partial charge in [0.25, 0.3) is 0 Å². The van der Waals surface area contributed by atoms with Crippen molar-refractivity contribution in [2.45, 2.75) is 44.1 Å². The van der Waals surface area contributed by atoms with Crippen molar-refractivity contribution in [3.05, 3.63) is 29.0 Å². The van der Waals surface area contributed by atoms with Gasteiger partial charge in [-0.1, -0.05) is 25.7 Å². The molecule has 2 heterocycles. The molecule has 0 bridgehead atoms. The highest BCUT2D eigenvalue weighted by Crippen LogP contribution is 2.36. The molecule has 2 N–H and O–H groups in total. The molecule has 18 heavy (non-hydrogen) atoms. The molecule has 0 aliphatic heterocycles. The van der Waals surface area contributed by atoms with Gasteiger partial charge in [0.15, 0.2) is 0 Å². The molecule has 0 unspecified atom stereocenters. The molecule has 1 aliphatic carbocycles. The lowest BCUT2D eigenvalue weighted by atomic mass is 9.92. The Morgan fingerprint density at radius 1 is 1.22 bits per heavy atom. The molecular formula is C14H18N2OS. The summed E-state index contributed by atoms with van der Waals surface area (Å²) >= 11 is 1.68. The van der Waals surface area contributed by atoms with E-state index in [4.69, 9.17) is 15.1 Å². The van der Waals surface area contributed by atoms with Gasteiger partial charge >= 0.3 is 0 Å². The highest BCUT2D eigenvalue weighted by molar-refractivity contribution is 7.10. The quantitative estimate of drug-likeness (QED) is 0.835. The first-order valence-corrected chi connectivity index (χ1v) is 7.43. The van der Waals surface area contributed by atoms with Crippen molar-refractivity contribution in [2.75, 3.05) is 0 Å². The van der Waals surface area contributed by atoms with Gasteiger partial charge in [-0.2, -0.15) is 0 Å². The van der Waals surface area contributed by atoms with Crippen LogP contribution in [0.3, 0.4) is 0 Å². The van der Waals surface area contributed by atoms with E-state index in [-0.39, 0.29) is 5.54 Å². The number of hydrogen-bond donors (Lipinski definition) is 1. The molecule has 1 fully saturated rings. The molecule has 0 amide bonds. The summed E-state index contributed by atoms with van der Waals surface area (Å²) < 4.78 is 5.10. The molecular weight excluding hydrogens is 244 g/mol. The van der Waals surface area contributed by atoms with Crippen LogP contribution in [0.25, 0.3) is 11.3 Å². The van der Waals surface area contributed by atoms with Crippen LogP contribution >= 0.6 is 11.3 Å². The van der Waals surface area contributed by atoms with Crippen molar-refractivity contribution in [3.63, 3.8) is 0 Å². The second-order valence-electron chi connectivity index (χ2n) is 5.12. The summed E-state index contributed by atoms with van der Waals surface area (Å²) in [7, 11) is 0. The topological polar surface area (TPSA) is 52.0 Å². The van der Waals surface area contributed by atoms with Gasteiger partial charge in [-0.3, -0.25) is 0 Å². The standard InChI is InChI=1S/C14H18N2OS/c15-14(6-3-1-2-4-7-14)13-16-12(10-18-13)11-5-8-17-9-11/h5,8-10H,1-4,6-7,15H2. The third kappa shape index (κ3) is 2.22. The van der Waals surface area contributed by atoms with Gasteiger partial charge < -0.3 is 10.2 Å². The Hall–Kier alpha value is -1.13. The molecule has 2 aromatic rings. The van der Waals surface area contributed by atoms with Crippen molar-refractivity contribution in [1.82, 2.24) is 4.98 Å². The van der Waals surface area contributed by atoms with E-state index >= 15 is 0 Å². The lowest BCUT2D eigenvalue weighted by molar-refractivity contribution is 0.384. The third-order valence-corrected chi connectivity index (χ3v) is 4.81. The van der Waals surface area contributed by atoms with Gasteiger partial charge in [0, 0.05) is 10.9 Å². The molecule has 0 spiro atoms. The Morgan fingerprint density at radius 3 is 2.67 bits per heavy atom. The normalized spacial score (nSPS) is 19.6. The zero-order valence-electron chi connectivity index (χ0n) is 10.4. The SMILES string of the molecule is NC1(c2nc(-c3ccoc3)cs2)CCCCCC1. The summed E-state index contributed by atoms with van der Waals surface area (Å²) in [4.78, 5) is 4.72. The average molecular weight is 262 g/mol. The molecule has 0 aromatic carbocycles. The summed E-state index contributed by atoms with van der Waals surface area (Å²) in [6.45, 7) is 0. The summed E-state index contributed by atoms with van der Waals surface area (Å²) in [5.74, 6) is 0. The van der Waals surface area contributed by atoms with Gasteiger partial charge in [-0.25, -0.2) is 4.98 Å². The minimum Gasteiger partial charge on any atom is -0.472 e. The van der Waals surface area contributed by atoms with Crippen molar-refractivity contribution in [2.24, 2.45) is 5.73 Å². The minimum absolute atomic E-state index is 0.205. The minimum atomic E-state index is -0.205. The number of thiazole rings is 1. The molecule has 0 saturated heterocycles. The number of nitrogens with two attached hydrogens (primary N) is 1. The second-order valence-corrected chi connectivity index (χ2v) is 5.98. The molecule has 96 valence electrons. The van der Waals surface area contributed by atoms with Gasteiger partial charge in [-0.15, -0.1) is 11.3 Å². The van der Waals surface area contributed by atoms with E-state index in [1.165, 1.54) is 25.7 Å². The number of furan rings is 1. The van der Waals surface area contributed by atoms with Gasteiger partial charge in [-0.05, 0) is 18.9 Å². The Kier molecular flexibility index (Phi) is 3.22. The first-order valence-electron chi connectivity index (χ1n) is 6.55. The fraction of sp³-hybridized carbons (Fsp3) is 0.500. The maximum absolute atomic E-state index is 6.57. The van der Waals surface area contributed by atoms with Crippen LogP contribution in [0, 0.1) is 0 Å². The zero-order valence-corrected chi connectivity index (χ0v) is 11.2. The third-order valence-electron chi connectivity index (χ3n) is 3.74. The van der Waals surface area contributed by atoms with Crippen molar-refractivity contribution < 1.29 is 4.42 Å².